The minimum absolute atomic E-state index is 0.0629. The van der Waals surface area contributed by atoms with Crippen LogP contribution in [0.2, 0.25) is 0 Å². The number of nitrogens with one attached hydrogen (secondary N) is 1. The Morgan fingerprint density at radius 2 is 1.66 bits per heavy atom. The Balaban J connectivity index is 1.42. The summed E-state index contributed by atoms with van der Waals surface area (Å²) in [5.74, 6) is -0.392. The highest BCUT2D eigenvalue weighted by atomic mass is 32.2. The molecule has 2 heterocycles. The number of anilines is 1. The van der Waals surface area contributed by atoms with Gasteiger partial charge in [0, 0.05) is 37.4 Å². The van der Waals surface area contributed by atoms with Crippen LogP contribution in [0.5, 0.6) is 0 Å². The number of likely N-dealkylation sites (tertiary alicyclic amines) is 1. The van der Waals surface area contributed by atoms with Crippen LogP contribution >= 0.6 is 0 Å². The summed E-state index contributed by atoms with van der Waals surface area (Å²) in [4.78, 5) is 17.5. The van der Waals surface area contributed by atoms with Gasteiger partial charge in [-0.15, -0.1) is 0 Å². The summed E-state index contributed by atoms with van der Waals surface area (Å²) < 4.78 is 41.1. The van der Waals surface area contributed by atoms with E-state index in [1.54, 1.807) is 0 Å². The molecule has 8 heteroatoms. The molecule has 2 fully saturated rings. The number of piperidine rings is 2. The Morgan fingerprint density at radius 3 is 2.34 bits per heavy atom. The van der Waals surface area contributed by atoms with Crippen molar-refractivity contribution < 1.29 is 17.6 Å². The smallest absolute Gasteiger partial charge is 0.256 e. The van der Waals surface area contributed by atoms with E-state index in [-0.39, 0.29) is 22.9 Å². The number of rotatable bonds is 5. The van der Waals surface area contributed by atoms with Gasteiger partial charge in [-0.3, -0.25) is 4.79 Å². The molecule has 2 aromatic rings. The van der Waals surface area contributed by atoms with Gasteiger partial charge in [-0.25, -0.2) is 17.5 Å². The molecule has 0 unspecified atom stereocenters. The molecule has 6 nitrogen and oxygen atoms in total. The maximum Gasteiger partial charge on any atom is 0.256 e. The van der Waals surface area contributed by atoms with Gasteiger partial charge in [0.1, 0.15) is 5.82 Å². The molecule has 4 rings (SSSR count). The Morgan fingerprint density at radius 1 is 0.969 bits per heavy atom. The molecule has 2 aliphatic rings. The van der Waals surface area contributed by atoms with Crippen molar-refractivity contribution in [2.75, 3.05) is 24.5 Å². The summed E-state index contributed by atoms with van der Waals surface area (Å²) in [5.41, 5.74) is 1.63. The largest absolute Gasteiger partial charge is 0.371 e. The molecule has 0 radical (unpaired) electrons. The summed E-state index contributed by atoms with van der Waals surface area (Å²) in [7, 11) is -3.70. The SMILES string of the molecule is C[C@@H]1CCCCN1C(=O)c1ccccc1N1CCC(NS(=O)(=O)c2ccc(F)cc2)CC1. The molecule has 2 aliphatic heterocycles. The van der Waals surface area contributed by atoms with E-state index in [1.165, 1.54) is 12.1 Å². The van der Waals surface area contributed by atoms with Gasteiger partial charge in [0.05, 0.1) is 10.5 Å². The quantitative estimate of drug-likeness (QED) is 0.739. The first-order valence-corrected chi connectivity index (χ1v) is 12.8. The van der Waals surface area contributed by atoms with E-state index in [1.807, 2.05) is 29.2 Å². The molecule has 1 atom stereocenters. The molecule has 0 spiro atoms. The van der Waals surface area contributed by atoms with Crippen LogP contribution in [0.3, 0.4) is 0 Å². The van der Waals surface area contributed by atoms with Gasteiger partial charge in [0.2, 0.25) is 10.0 Å². The Labute approximate surface area is 189 Å². The van der Waals surface area contributed by atoms with Crippen molar-refractivity contribution in [3.63, 3.8) is 0 Å². The topological polar surface area (TPSA) is 69.7 Å². The summed E-state index contributed by atoms with van der Waals surface area (Å²) in [6.07, 6.45) is 4.49. The lowest BCUT2D eigenvalue weighted by Gasteiger charge is -2.37. The van der Waals surface area contributed by atoms with Crippen LogP contribution in [0.1, 0.15) is 49.4 Å². The molecule has 1 amide bonds. The highest BCUT2D eigenvalue weighted by Gasteiger charge is 2.29. The number of carbonyl (C=O) groups is 1. The van der Waals surface area contributed by atoms with Crippen LogP contribution in [0.4, 0.5) is 10.1 Å². The molecule has 1 N–H and O–H groups in total. The van der Waals surface area contributed by atoms with Gasteiger partial charge in [0.25, 0.3) is 5.91 Å². The average molecular weight is 460 g/mol. The summed E-state index contributed by atoms with van der Waals surface area (Å²) >= 11 is 0. The molecule has 172 valence electrons. The van der Waals surface area contributed by atoms with Crippen LogP contribution in [-0.2, 0) is 10.0 Å². The van der Waals surface area contributed by atoms with Crippen molar-refractivity contribution in [2.24, 2.45) is 0 Å². The van der Waals surface area contributed by atoms with Crippen molar-refractivity contribution >= 4 is 21.6 Å². The van der Waals surface area contributed by atoms with Crippen LogP contribution < -0.4 is 9.62 Å². The highest BCUT2D eigenvalue weighted by molar-refractivity contribution is 7.89. The Hall–Kier alpha value is -2.45. The number of hydrogen-bond donors (Lipinski definition) is 1. The van der Waals surface area contributed by atoms with E-state index < -0.39 is 15.8 Å². The first kappa shape index (κ1) is 22.7. The number of carbonyl (C=O) groups excluding carboxylic acids is 1. The fourth-order valence-corrected chi connectivity index (χ4v) is 5.93. The van der Waals surface area contributed by atoms with E-state index in [0.29, 0.717) is 31.5 Å². The molecular weight excluding hydrogens is 429 g/mol. The third kappa shape index (κ3) is 4.96. The lowest BCUT2D eigenvalue weighted by atomic mass is 10.00. The van der Waals surface area contributed by atoms with Crippen molar-refractivity contribution in [3.05, 3.63) is 59.9 Å². The van der Waals surface area contributed by atoms with E-state index in [4.69, 9.17) is 0 Å². The number of benzene rings is 2. The zero-order valence-corrected chi connectivity index (χ0v) is 19.2. The number of sulfonamides is 1. The van der Waals surface area contributed by atoms with Gasteiger partial charge < -0.3 is 9.80 Å². The van der Waals surface area contributed by atoms with E-state index >= 15 is 0 Å². The van der Waals surface area contributed by atoms with Crippen molar-refractivity contribution in [2.45, 2.75) is 56.0 Å². The maximum atomic E-state index is 13.3. The van der Waals surface area contributed by atoms with Gasteiger partial charge in [0.15, 0.2) is 0 Å². The van der Waals surface area contributed by atoms with Crippen molar-refractivity contribution in [1.82, 2.24) is 9.62 Å². The molecular formula is C24H30FN3O3S. The first-order valence-electron chi connectivity index (χ1n) is 11.3. The molecule has 0 aromatic heterocycles. The Bertz CT molecular complexity index is 1050. The summed E-state index contributed by atoms with van der Waals surface area (Å²) in [5, 5.41) is 0. The van der Waals surface area contributed by atoms with E-state index in [0.717, 1.165) is 43.6 Å². The molecule has 0 aliphatic carbocycles. The number of halogens is 1. The predicted octanol–water partition coefficient (Wildman–Crippen LogP) is 3.79. The minimum Gasteiger partial charge on any atom is -0.371 e. The molecule has 2 aromatic carbocycles. The number of amides is 1. The van der Waals surface area contributed by atoms with E-state index in [9.17, 15) is 17.6 Å². The average Bonchev–Trinajstić information content (AvgIpc) is 2.79. The third-order valence-electron chi connectivity index (χ3n) is 6.48. The summed E-state index contributed by atoms with van der Waals surface area (Å²) in [6.45, 7) is 4.20. The van der Waals surface area contributed by atoms with Gasteiger partial charge >= 0.3 is 0 Å². The van der Waals surface area contributed by atoms with Crippen LogP contribution in [0.15, 0.2) is 53.4 Å². The zero-order valence-electron chi connectivity index (χ0n) is 18.3. The number of para-hydroxylation sites is 1. The van der Waals surface area contributed by atoms with Gasteiger partial charge in [-0.1, -0.05) is 12.1 Å². The molecule has 0 bridgehead atoms. The lowest BCUT2D eigenvalue weighted by Crippen LogP contribution is -2.46. The van der Waals surface area contributed by atoms with Gasteiger partial charge in [-0.05, 0) is 75.4 Å². The zero-order chi connectivity index (χ0) is 22.7. The molecule has 0 saturated carbocycles. The molecule has 32 heavy (non-hydrogen) atoms. The highest BCUT2D eigenvalue weighted by Crippen LogP contribution is 2.28. The standard InChI is InChI=1S/C24H30FN3O3S/c1-18-6-4-5-15-28(18)24(29)22-7-2-3-8-23(22)27-16-13-20(14-17-27)26-32(30,31)21-11-9-19(25)10-12-21/h2-3,7-12,18,20,26H,4-6,13-17H2,1H3/t18-/m1/s1. The Kier molecular flexibility index (Phi) is 6.81. The van der Waals surface area contributed by atoms with Crippen molar-refractivity contribution in [3.8, 4) is 0 Å². The fraction of sp³-hybridized carbons (Fsp3) is 0.458. The second-order valence-corrected chi connectivity index (χ2v) is 10.4. The second-order valence-electron chi connectivity index (χ2n) is 8.70. The third-order valence-corrected chi connectivity index (χ3v) is 8.02. The van der Waals surface area contributed by atoms with Crippen LogP contribution in [-0.4, -0.2) is 50.9 Å². The first-order chi connectivity index (χ1) is 15.3. The minimum atomic E-state index is -3.70. The van der Waals surface area contributed by atoms with Crippen LogP contribution in [0.25, 0.3) is 0 Å². The summed E-state index contributed by atoms with van der Waals surface area (Å²) in [6, 6.07) is 12.6. The fourth-order valence-electron chi connectivity index (χ4n) is 4.62. The monoisotopic (exact) mass is 459 g/mol. The normalized spacial score (nSPS) is 20.4. The maximum absolute atomic E-state index is 13.3. The molecule has 2 saturated heterocycles. The number of hydrogen-bond acceptors (Lipinski definition) is 4. The predicted molar refractivity (Wildman–Crippen MR) is 123 cm³/mol. The lowest BCUT2D eigenvalue weighted by molar-refractivity contribution is 0.0636. The van der Waals surface area contributed by atoms with Crippen LogP contribution in [0, 0.1) is 5.82 Å². The second kappa shape index (κ2) is 9.58. The number of nitrogens with zero attached hydrogens (tertiary/aromatic N) is 2. The van der Waals surface area contributed by atoms with E-state index in [2.05, 4.69) is 16.5 Å². The van der Waals surface area contributed by atoms with Crippen molar-refractivity contribution in [1.29, 1.82) is 0 Å². The van der Waals surface area contributed by atoms with Gasteiger partial charge in [-0.2, -0.15) is 0 Å².